The second-order valence-electron chi connectivity index (χ2n) is 4.06. The van der Waals surface area contributed by atoms with Crippen LogP contribution in [0.4, 0.5) is 0 Å². The average Bonchev–Trinajstić information content (AvgIpc) is 2.05. The van der Waals surface area contributed by atoms with E-state index in [0.717, 1.165) is 5.33 Å². The molecule has 12 heavy (non-hydrogen) atoms. The zero-order valence-electron chi connectivity index (χ0n) is 7.73. The van der Waals surface area contributed by atoms with Crippen molar-refractivity contribution >= 4 is 31.9 Å². The second kappa shape index (κ2) is 4.97. The van der Waals surface area contributed by atoms with Crippen molar-refractivity contribution in [2.24, 2.45) is 0 Å². The quantitative estimate of drug-likeness (QED) is 0.555. The Hall–Kier alpha value is 0.920. The van der Waals surface area contributed by atoms with E-state index in [9.17, 15) is 0 Å². The number of rotatable bonds is 3. The van der Waals surface area contributed by atoms with Crippen LogP contribution in [0.15, 0.2) is 0 Å². The smallest absolute Gasteiger partial charge is 0.0919 e. The Bertz CT molecular complexity index is 132. The summed E-state index contributed by atoms with van der Waals surface area (Å²) in [6.45, 7) is 4.01. The van der Waals surface area contributed by atoms with Crippen LogP contribution in [0.25, 0.3) is 0 Å². The van der Waals surface area contributed by atoms with Crippen molar-refractivity contribution in [3.63, 3.8) is 0 Å². The molecule has 0 unspecified atom stereocenters. The predicted molar refractivity (Wildman–Crippen MR) is 61.1 cm³/mol. The van der Waals surface area contributed by atoms with Crippen LogP contribution < -0.4 is 0 Å². The molecule has 1 heterocycles. The summed E-state index contributed by atoms with van der Waals surface area (Å²) in [5.41, 5.74) is 0. The first kappa shape index (κ1) is 11.0. The molecule has 0 radical (unpaired) electrons. The van der Waals surface area contributed by atoms with Gasteiger partial charge in [0.2, 0.25) is 0 Å². The lowest BCUT2D eigenvalue weighted by atomic mass is 10.1. The molecule has 0 aromatic heterocycles. The van der Waals surface area contributed by atoms with E-state index in [1.54, 1.807) is 0 Å². The van der Waals surface area contributed by atoms with Crippen LogP contribution in [0.2, 0.25) is 0 Å². The molecule has 1 atom stereocenters. The van der Waals surface area contributed by atoms with Gasteiger partial charge in [-0.25, -0.2) is 0 Å². The number of hydrogen-bond acceptors (Lipinski definition) is 0. The van der Waals surface area contributed by atoms with E-state index in [4.69, 9.17) is 0 Å². The summed E-state index contributed by atoms with van der Waals surface area (Å²) in [5, 5.41) is 1.07. The first-order valence-electron chi connectivity index (χ1n) is 4.70. The minimum absolute atomic E-state index is 0.639. The molecule has 1 rings (SSSR count). The molecule has 0 aromatic carbocycles. The van der Waals surface area contributed by atoms with Crippen LogP contribution in [-0.2, 0) is 0 Å². The van der Waals surface area contributed by atoms with Crippen molar-refractivity contribution < 1.29 is 4.48 Å². The highest BCUT2D eigenvalue weighted by Crippen LogP contribution is 2.19. The number of likely N-dealkylation sites (tertiary alicyclic amines) is 1. The number of quaternary nitrogens is 1. The summed E-state index contributed by atoms with van der Waals surface area (Å²) in [6, 6.07) is 0. The molecule has 0 amide bonds. The lowest BCUT2D eigenvalue weighted by molar-refractivity contribution is -0.913. The van der Waals surface area contributed by atoms with Gasteiger partial charge in [-0.3, -0.25) is 0 Å². The Kier molecular flexibility index (Phi) is 4.55. The lowest BCUT2D eigenvalue weighted by Crippen LogP contribution is -2.51. The molecule has 0 aliphatic carbocycles. The SMILES string of the molecule is C[N+]1(C[C@@H](Br)CBr)CCCCC1. The van der Waals surface area contributed by atoms with Gasteiger partial charge >= 0.3 is 0 Å². The fourth-order valence-corrected chi connectivity index (χ4v) is 2.89. The highest BCUT2D eigenvalue weighted by atomic mass is 79.9. The molecular weight excluding hydrogens is 282 g/mol. The highest BCUT2D eigenvalue weighted by molar-refractivity contribution is 9.12. The van der Waals surface area contributed by atoms with Gasteiger partial charge in [0.15, 0.2) is 0 Å². The van der Waals surface area contributed by atoms with Crippen molar-refractivity contribution in [1.29, 1.82) is 0 Å². The fourth-order valence-electron chi connectivity index (χ4n) is 1.99. The van der Waals surface area contributed by atoms with Gasteiger partial charge in [0.05, 0.1) is 31.5 Å². The topological polar surface area (TPSA) is 0 Å². The van der Waals surface area contributed by atoms with Gasteiger partial charge in [-0.15, -0.1) is 0 Å². The summed E-state index contributed by atoms with van der Waals surface area (Å²) >= 11 is 7.19. The molecular formula is C9H18Br2N+. The van der Waals surface area contributed by atoms with E-state index in [2.05, 4.69) is 38.9 Å². The highest BCUT2D eigenvalue weighted by Gasteiger charge is 2.26. The normalized spacial score (nSPS) is 25.2. The molecule has 1 saturated heterocycles. The maximum Gasteiger partial charge on any atom is 0.0919 e. The zero-order valence-corrected chi connectivity index (χ0v) is 10.9. The number of halogens is 2. The predicted octanol–water partition coefficient (Wildman–Crippen LogP) is 2.78. The van der Waals surface area contributed by atoms with Gasteiger partial charge in [-0.2, -0.15) is 0 Å². The Morgan fingerprint density at radius 3 is 2.33 bits per heavy atom. The van der Waals surface area contributed by atoms with Crippen LogP contribution >= 0.6 is 31.9 Å². The zero-order chi connectivity index (χ0) is 9.03. The molecule has 1 nitrogen and oxygen atoms in total. The van der Waals surface area contributed by atoms with Gasteiger partial charge in [-0.05, 0) is 19.3 Å². The van der Waals surface area contributed by atoms with Crippen molar-refractivity contribution in [1.82, 2.24) is 0 Å². The van der Waals surface area contributed by atoms with Crippen molar-refractivity contribution in [3.05, 3.63) is 0 Å². The van der Waals surface area contributed by atoms with Gasteiger partial charge in [0.1, 0.15) is 0 Å². The molecule has 0 bridgehead atoms. The van der Waals surface area contributed by atoms with E-state index in [-0.39, 0.29) is 0 Å². The van der Waals surface area contributed by atoms with E-state index >= 15 is 0 Å². The average molecular weight is 300 g/mol. The Morgan fingerprint density at radius 2 is 1.83 bits per heavy atom. The molecule has 3 heteroatoms. The monoisotopic (exact) mass is 298 g/mol. The maximum atomic E-state index is 3.69. The Labute approximate surface area is 92.4 Å². The molecule has 1 aliphatic rings. The number of piperidine rings is 1. The van der Waals surface area contributed by atoms with Gasteiger partial charge < -0.3 is 4.48 Å². The first-order valence-corrected chi connectivity index (χ1v) is 6.74. The molecule has 0 spiro atoms. The van der Waals surface area contributed by atoms with Crippen LogP contribution in [0, 0.1) is 0 Å². The summed E-state index contributed by atoms with van der Waals surface area (Å²) in [6.07, 6.45) is 4.27. The lowest BCUT2D eigenvalue weighted by Gasteiger charge is -2.38. The molecule has 72 valence electrons. The molecule has 1 fully saturated rings. The van der Waals surface area contributed by atoms with E-state index in [0.29, 0.717) is 4.83 Å². The summed E-state index contributed by atoms with van der Waals surface area (Å²) in [4.78, 5) is 0.639. The summed E-state index contributed by atoms with van der Waals surface area (Å²) in [5.74, 6) is 0. The van der Waals surface area contributed by atoms with Gasteiger partial charge in [0, 0.05) is 5.33 Å². The number of alkyl halides is 2. The Balaban J connectivity index is 2.35. The fraction of sp³-hybridized carbons (Fsp3) is 1.00. The third-order valence-electron chi connectivity index (χ3n) is 2.70. The minimum atomic E-state index is 0.639. The summed E-state index contributed by atoms with van der Waals surface area (Å²) in [7, 11) is 2.38. The van der Waals surface area contributed by atoms with Gasteiger partial charge in [0.25, 0.3) is 0 Å². The molecule has 0 N–H and O–H groups in total. The molecule has 1 aliphatic heterocycles. The minimum Gasteiger partial charge on any atom is -0.325 e. The van der Waals surface area contributed by atoms with Crippen LogP contribution in [0.1, 0.15) is 19.3 Å². The Morgan fingerprint density at radius 1 is 1.25 bits per heavy atom. The van der Waals surface area contributed by atoms with Crippen LogP contribution in [0.5, 0.6) is 0 Å². The van der Waals surface area contributed by atoms with E-state index in [1.807, 2.05) is 0 Å². The van der Waals surface area contributed by atoms with Crippen LogP contribution in [0.3, 0.4) is 0 Å². The van der Waals surface area contributed by atoms with E-state index in [1.165, 1.54) is 43.4 Å². The van der Waals surface area contributed by atoms with Crippen molar-refractivity contribution in [2.75, 3.05) is 32.0 Å². The third-order valence-corrected chi connectivity index (χ3v) is 4.97. The standard InChI is InChI=1S/C9H18Br2N/c1-12(8-9(11)7-10)5-3-2-4-6-12/h9H,2-8H2,1H3/q+1/t9-/m0/s1. The number of nitrogens with zero attached hydrogens (tertiary/aromatic N) is 1. The number of hydrogen-bond donors (Lipinski definition) is 0. The maximum absolute atomic E-state index is 3.69. The summed E-state index contributed by atoms with van der Waals surface area (Å²) < 4.78 is 1.27. The van der Waals surface area contributed by atoms with E-state index < -0.39 is 0 Å². The first-order chi connectivity index (χ1) is 5.66. The van der Waals surface area contributed by atoms with Crippen molar-refractivity contribution in [2.45, 2.75) is 24.1 Å². The second-order valence-corrected chi connectivity index (χ2v) is 6.00. The largest absolute Gasteiger partial charge is 0.325 e. The molecule has 0 saturated carbocycles. The molecule has 0 aromatic rings. The van der Waals surface area contributed by atoms with Crippen LogP contribution in [-0.4, -0.2) is 41.3 Å². The third kappa shape index (κ3) is 3.35. The van der Waals surface area contributed by atoms with Gasteiger partial charge in [-0.1, -0.05) is 31.9 Å². The van der Waals surface area contributed by atoms with Crippen molar-refractivity contribution in [3.8, 4) is 0 Å².